The van der Waals surface area contributed by atoms with Crippen molar-refractivity contribution in [2.45, 2.75) is 23.8 Å². The van der Waals surface area contributed by atoms with E-state index < -0.39 is 16.1 Å². The van der Waals surface area contributed by atoms with Crippen LogP contribution in [0.2, 0.25) is 5.02 Å². The molecule has 0 saturated carbocycles. The van der Waals surface area contributed by atoms with E-state index in [4.69, 9.17) is 16.3 Å². The van der Waals surface area contributed by atoms with Gasteiger partial charge in [-0.3, -0.25) is 9.69 Å². The zero-order chi connectivity index (χ0) is 22.1. The summed E-state index contributed by atoms with van der Waals surface area (Å²) in [6, 6.07) is 14.3. The highest BCUT2D eigenvalue weighted by molar-refractivity contribution is 7.89. The van der Waals surface area contributed by atoms with Crippen LogP contribution in [0.25, 0.3) is 0 Å². The minimum atomic E-state index is -3.88. The summed E-state index contributed by atoms with van der Waals surface area (Å²) in [5.74, 6) is -0.344. The quantitative estimate of drug-likeness (QED) is 0.524. The second kappa shape index (κ2) is 11.6. The van der Waals surface area contributed by atoms with Gasteiger partial charge < -0.3 is 10.1 Å². The molecule has 1 fully saturated rings. The predicted molar refractivity (Wildman–Crippen MR) is 121 cm³/mol. The molecule has 1 amide bonds. The van der Waals surface area contributed by atoms with E-state index in [1.807, 2.05) is 30.3 Å². The first-order chi connectivity index (χ1) is 14.9. The smallest absolute Gasteiger partial charge is 0.241 e. The van der Waals surface area contributed by atoms with Crippen molar-refractivity contribution in [2.75, 3.05) is 39.4 Å². The van der Waals surface area contributed by atoms with E-state index in [2.05, 4.69) is 14.9 Å². The van der Waals surface area contributed by atoms with E-state index in [-0.39, 0.29) is 17.2 Å². The number of carbonyl (C=O) groups excluding carboxylic acids is 1. The molecular weight excluding hydrogens is 438 g/mol. The van der Waals surface area contributed by atoms with Gasteiger partial charge in [-0.1, -0.05) is 41.9 Å². The molecule has 1 heterocycles. The van der Waals surface area contributed by atoms with E-state index in [1.54, 1.807) is 0 Å². The molecule has 31 heavy (non-hydrogen) atoms. The predicted octanol–water partition coefficient (Wildman–Crippen LogP) is 2.07. The van der Waals surface area contributed by atoms with Crippen LogP contribution in [0.3, 0.4) is 0 Å². The van der Waals surface area contributed by atoms with Crippen molar-refractivity contribution >= 4 is 27.5 Å². The monoisotopic (exact) mass is 465 g/mol. The molecule has 1 atom stereocenters. The number of ether oxygens (including phenoxy) is 1. The molecule has 0 bridgehead atoms. The number of hydrogen-bond acceptors (Lipinski definition) is 5. The highest BCUT2D eigenvalue weighted by atomic mass is 35.5. The Bertz CT molecular complexity index is 933. The second-order valence-electron chi connectivity index (χ2n) is 7.42. The first-order valence-electron chi connectivity index (χ1n) is 10.3. The first-order valence-corrected chi connectivity index (χ1v) is 12.2. The van der Waals surface area contributed by atoms with Crippen LogP contribution in [0.15, 0.2) is 59.5 Å². The number of hydrogen-bond donors (Lipinski definition) is 2. The van der Waals surface area contributed by atoms with Gasteiger partial charge in [0.25, 0.3) is 0 Å². The summed E-state index contributed by atoms with van der Waals surface area (Å²) in [7, 11) is -3.88. The Morgan fingerprint density at radius 3 is 2.42 bits per heavy atom. The number of nitrogens with zero attached hydrogens (tertiary/aromatic N) is 1. The molecule has 9 heteroatoms. The third-order valence-electron chi connectivity index (χ3n) is 5.07. The van der Waals surface area contributed by atoms with Gasteiger partial charge in [-0.2, -0.15) is 4.72 Å². The molecule has 2 N–H and O–H groups in total. The molecule has 2 aromatic rings. The van der Waals surface area contributed by atoms with Crippen molar-refractivity contribution in [1.82, 2.24) is 14.9 Å². The Morgan fingerprint density at radius 2 is 1.74 bits per heavy atom. The summed E-state index contributed by atoms with van der Waals surface area (Å²) in [5, 5.41) is 3.32. The highest BCUT2D eigenvalue weighted by Gasteiger charge is 2.26. The fraction of sp³-hybridized carbons (Fsp3) is 0.409. The molecule has 1 unspecified atom stereocenters. The number of carbonyl (C=O) groups is 1. The average Bonchev–Trinajstić information content (AvgIpc) is 2.78. The van der Waals surface area contributed by atoms with Crippen molar-refractivity contribution in [1.29, 1.82) is 0 Å². The maximum absolute atomic E-state index is 12.9. The molecule has 0 aromatic heterocycles. The lowest BCUT2D eigenvalue weighted by molar-refractivity contribution is -0.122. The summed E-state index contributed by atoms with van der Waals surface area (Å²) >= 11 is 5.86. The van der Waals surface area contributed by atoms with Gasteiger partial charge in [0.15, 0.2) is 0 Å². The normalized spacial score (nSPS) is 16.0. The molecule has 168 valence electrons. The van der Waals surface area contributed by atoms with Gasteiger partial charge in [-0.05, 0) is 49.2 Å². The number of morpholine rings is 1. The Morgan fingerprint density at radius 1 is 1.06 bits per heavy atom. The minimum Gasteiger partial charge on any atom is -0.379 e. The van der Waals surface area contributed by atoms with Crippen molar-refractivity contribution in [3.05, 3.63) is 65.2 Å². The molecule has 2 aromatic carbocycles. The molecular formula is C22H28ClN3O4S. The van der Waals surface area contributed by atoms with Gasteiger partial charge in [0.1, 0.15) is 6.04 Å². The van der Waals surface area contributed by atoms with Crippen molar-refractivity contribution in [3.63, 3.8) is 0 Å². The summed E-state index contributed by atoms with van der Waals surface area (Å²) in [6.07, 6.45) is 1.04. The summed E-state index contributed by atoms with van der Waals surface area (Å²) in [5.41, 5.74) is 0.870. The van der Waals surface area contributed by atoms with Gasteiger partial charge in [0.05, 0.1) is 18.1 Å². The summed E-state index contributed by atoms with van der Waals surface area (Å²) < 4.78 is 33.6. The third-order valence-corrected chi connectivity index (χ3v) is 6.81. The van der Waals surface area contributed by atoms with Gasteiger partial charge in [0, 0.05) is 24.7 Å². The highest BCUT2D eigenvalue weighted by Crippen LogP contribution is 2.15. The lowest BCUT2D eigenvalue weighted by atomic mass is 10.1. The molecule has 1 aliphatic heterocycles. The number of rotatable bonds is 10. The Hall–Kier alpha value is -1.97. The Kier molecular flexibility index (Phi) is 8.86. The number of sulfonamides is 1. The second-order valence-corrected chi connectivity index (χ2v) is 9.57. The number of amides is 1. The van der Waals surface area contributed by atoms with Gasteiger partial charge in [-0.25, -0.2) is 8.42 Å². The van der Waals surface area contributed by atoms with E-state index in [1.165, 1.54) is 24.3 Å². The Balaban J connectivity index is 1.62. The van der Waals surface area contributed by atoms with E-state index in [0.29, 0.717) is 11.6 Å². The molecule has 7 nitrogen and oxygen atoms in total. The molecule has 1 saturated heterocycles. The van der Waals surface area contributed by atoms with E-state index in [0.717, 1.165) is 44.8 Å². The number of halogens is 1. The molecule has 0 spiro atoms. The van der Waals surface area contributed by atoms with E-state index >= 15 is 0 Å². The van der Waals surface area contributed by atoms with Crippen LogP contribution < -0.4 is 10.0 Å². The summed E-state index contributed by atoms with van der Waals surface area (Å²) in [4.78, 5) is 15.2. The zero-order valence-corrected chi connectivity index (χ0v) is 18.9. The molecule has 0 radical (unpaired) electrons. The van der Waals surface area contributed by atoms with Gasteiger partial charge in [-0.15, -0.1) is 0 Å². The average molecular weight is 466 g/mol. The number of nitrogens with one attached hydrogen (secondary N) is 2. The molecule has 3 rings (SSSR count). The Labute approximate surface area is 188 Å². The van der Waals surface area contributed by atoms with Crippen molar-refractivity contribution < 1.29 is 17.9 Å². The standard InChI is InChI=1S/C22H28ClN3O4S/c23-19-7-9-20(10-8-19)31(28,29)25-21(17-18-5-2-1-3-6-18)22(27)24-11-4-12-26-13-15-30-16-14-26/h1-3,5-10,21,25H,4,11-17H2,(H,24,27). The lowest BCUT2D eigenvalue weighted by Gasteiger charge is -2.26. The van der Waals surface area contributed by atoms with E-state index in [9.17, 15) is 13.2 Å². The maximum Gasteiger partial charge on any atom is 0.241 e. The maximum atomic E-state index is 12.9. The SMILES string of the molecule is O=C(NCCCN1CCOCC1)C(Cc1ccccc1)NS(=O)(=O)c1ccc(Cl)cc1. The molecule has 1 aliphatic rings. The van der Waals surface area contributed by atoms with Crippen molar-refractivity contribution in [3.8, 4) is 0 Å². The fourth-order valence-corrected chi connectivity index (χ4v) is 4.69. The topological polar surface area (TPSA) is 87.7 Å². The largest absolute Gasteiger partial charge is 0.379 e. The van der Waals surface area contributed by atoms with Crippen LogP contribution in [0, 0.1) is 0 Å². The van der Waals surface area contributed by atoms with Crippen LogP contribution >= 0.6 is 11.6 Å². The van der Waals surface area contributed by atoms with Crippen LogP contribution in [0.4, 0.5) is 0 Å². The summed E-state index contributed by atoms with van der Waals surface area (Å²) in [6.45, 7) is 4.60. The minimum absolute atomic E-state index is 0.0649. The van der Waals surface area contributed by atoms with Crippen LogP contribution in [0.5, 0.6) is 0 Å². The van der Waals surface area contributed by atoms with Gasteiger partial charge in [0.2, 0.25) is 15.9 Å². The first kappa shape index (κ1) is 23.7. The van der Waals surface area contributed by atoms with Crippen LogP contribution in [-0.2, 0) is 26.0 Å². The van der Waals surface area contributed by atoms with Crippen LogP contribution in [-0.4, -0.2) is 64.7 Å². The number of benzene rings is 2. The van der Waals surface area contributed by atoms with Crippen LogP contribution in [0.1, 0.15) is 12.0 Å². The molecule has 0 aliphatic carbocycles. The fourth-order valence-electron chi connectivity index (χ4n) is 3.37. The zero-order valence-electron chi connectivity index (χ0n) is 17.3. The van der Waals surface area contributed by atoms with Crippen molar-refractivity contribution in [2.24, 2.45) is 0 Å². The van der Waals surface area contributed by atoms with Gasteiger partial charge >= 0.3 is 0 Å². The lowest BCUT2D eigenvalue weighted by Crippen LogP contribution is -2.48. The third kappa shape index (κ3) is 7.59.